The van der Waals surface area contributed by atoms with Crippen molar-refractivity contribution in [2.24, 2.45) is 0 Å². The van der Waals surface area contributed by atoms with Gasteiger partial charge in [0.15, 0.2) is 11.6 Å². The lowest BCUT2D eigenvalue weighted by Crippen LogP contribution is -2.42. The topological polar surface area (TPSA) is 15.3 Å². The minimum Gasteiger partial charge on any atom is -0.313 e. The molecule has 2 unspecified atom stereocenters. The van der Waals surface area contributed by atoms with Crippen molar-refractivity contribution in [3.05, 3.63) is 35.4 Å². The van der Waals surface area contributed by atoms with Crippen LogP contribution in [0.3, 0.4) is 0 Å². The number of halogens is 2. The maximum absolute atomic E-state index is 13.4. The molecule has 1 N–H and O–H groups in total. The Labute approximate surface area is 120 Å². The van der Waals surface area contributed by atoms with E-state index in [1.54, 1.807) is 6.07 Å². The predicted octanol–water partition coefficient (Wildman–Crippen LogP) is 3.49. The van der Waals surface area contributed by atoms with Crippen LogP contribution in [0.2, 0.25) is 0 Å². The summed E-state index contributed by atoms with van der Waals surface area (Å²) >= 11 is 0. The zero-order valence-electron chi connectivity index (χ0n) is 12.5. The fourth-order valence-electron chi connectivity index (χ4n) is 2.95. The average molecular weight is 282 g/mol. The third-order valence-electron chi connectivity index (χ3n) is 4.18. The summed E-state index contributed by atoms with van der Waals surface area (Å²) in [5, 5.41) is 3.49. The van der Waals surface area contributed by atoms with Gasteiger partial charge in [-0.2, -0.15) is 0 Å². The normalized spacial score (nSPS) is 20.9. The van der Waals surface area contributed by atoms with Gasteiger partial charge in [-0.15, -0.1) is 0 Å². The fraction of sp³-hybridized carbons (Fsp3) is 0.625. The molecule has 20 heavy (non-hydrogen) atoms. The summed E-state index contributed by atoms with van der Waals surface area (Å²) in [6, 6.07) is 5.16. The van der Waals surface area contributed by atoms with Crippen LogP contribution >= 0.6 is 0 Å². The molecule has 2 rings (SSSR count). The quantitative estimate of drug-likeness (QED) is 0.889. The Morgan fingerprint density at radius 2 is 2.00 bits per heavy atom. The summed E-state index contributed by atoms with van der Waals surface area (Å²) in [4.78, 5) is 2.34. The highest BCUT2D eigenvalue weighted by Gasteiger charge is 2.24. The molecule has 0 radical (unpaired) electrons. The summed E-state index contributed by atoms with van der Waals surface area (Å²) in [6.07, 6.45) is 2.41. The molecule has 1 saturated heterocycles. The van der Waals surface area contributed by atoms with Crippen molar-refractivity contribution in [2.45, 2.75) is 51.7 Å². The summed E-state index contributed by atoms with van der Waals surface area (Å²) in [5.74, 6) is -1.55. The van der Waals surface area contributed by atoms with Crippen LogP contribution in [0.1, 0.15) is 45.2 Å². The first-order valence-electron chi connectivity index (χ1n) is 7.43. The van der Waals surface area contributed by atoms with Crippen LogP contribution in [0.5, 0.6) is 0 Å². The molecule has 0 spiro atoms. The second-order valence-electron chi connectivity index (χ2n) is 5.93. The van der Waals surface area contributed by atoms with Gasteiger partial charge in [-0.25, -0.2) is 8.78 Å². The monoisotopic (exact) mass is 282 g/mol. The Kier molecular flexibility index (Phi) is 5.11. The highest BCUT2D eigenvalue weighted by atomic mass is 19.2. The van der Waals surface area contributed by atoms with Gasteiger partial charge in [0.05, 0.1) is 0 Å². The molecule has 2 atom stereocenters. The lowest BCUT2D eigenvalue weighted by atomic mass is 10.0. The van der Waals surface area contributed by atoms with E-state index in [1.807, 2.05) is 0 Å². The Bertz CT molecular complexity index is 442. The maximum atomic E-state index is 13.4. The molecule has 0 bridgehead atoms. The van der Waals surface area contributed by atoms with Crippen molar-refractivity contribution in [1.82, 2.24) is 10.2 Å². The molecule has 112 valence electrons. The Morgan fingerprint density at radius 3 is 2.55 bits per heavy atom. The van der Waals surface area contributed by atoms with Crippen molar-refractivity contribution in [3.8, 4) is 0 Å². The molecule has 1 aromatic rings. The van der Waals surface area contributed by atoms with E-state index in [1.165, 1.54) is 25.0 Å². The first kappa shape index (κ1) is 15.4. The summed E-state index contributed by atoms with van der Waals surface area (Å²) in [6.45, 7) is 8.37. The minimum absolute atomic E-state index is 0.0764. The van der Waals surface area contributed by atoms with Crippen molar-refractivity contribution < 1.29 is 8.78 Å². The van der Waals surface area contributed by atoms with Crippen LogP contribution in [0.4, 0.5) is 8.78 Å². The van der Waals surface area contributed by atoms with Gasteiger partial charge in [-0.1, -0.05) is 6.07 Å². The van der Waals surface area contributed by atoms with Crippen LogP contribution in [-0.2, 0) is 0 Å². The zero-order valence-corrected chi connectivity index (χ0v) is 12.5. The second kappa shape index (κ2) is 6.64. The van der Waals surface area contributed by atoms with E-state index < -0.39 is 11.6 Å². The lowest BCUT2D eigenvalue weighted by molar-refractivity contribution is 0.149. The van der Waals surface area contributed by atoms with E-state index in [4.69, 9.17) is 0 Å². The molecule has 1 heterocycles. The van der Waals surface area contributed by atoms with Gasteiger partial charge in [0.1, 0.15) is 0 Å². The van der Waals surface area contributed by atoms with E-state index in [0.29, 0.717) is 12.1 Å². The highest BCUT2D eigenvalue weighted by Crippen LogP contribution is 2.25. The first-order valence-corrected chi connectivity index (χ1v) is 7.43. The molecule has 2 nitrogen and oxygen atoms in total. The van der Waals surface area contributed by atoms with Gasteiger partial charge in [0, 0.05) is 24.7 Å². The number of nitrogens with zero attached hydrogens (tertiary/aromatic N) is 1. The molecule has 1 aliphatic heterocycles. The second-order valence-corrected chi connectivity index (χ2v) is 5.93. The van der Waals surface area contributed by atoms with Crippen molar-refractivity contribution >= 4 is 0 Å². The molecule has 0 saturated carbocycles. The Balaban J connectivity index is 2.12. The minimum atomic E-state index is -0.783. The van der Waals surface area contributed by atoms with Crippen molar-refractivity contribution in [3.63, 3.8) is 0 Å². The SMILES string of the molecule is CC(C)N(CC1CCCN1)C(C)c1ccc(F)c(F)c1. The largest absolute Gasteiger partial charge is 0.313 e. The zero-order chi connectivity index (χ0) is 14.7. The molecular weight excluding hydrogens is 258 g/mol. The number of rotatable bonds is 5. The van der Waals surface area contributed by atoms with Crippen LogP contribution in [-0.4, -0.2) is 30.1 Å². The van der Waals surface area contributed by atoms with E-state index in [-0.39, 0.29) is 6.04 Å². The van der Waals surface area contributed by atoms with Crippen LogP contribution in [0.15, 0.2) is 18.2 Å². The number of benzene rings is 1. The maximum Gasteiger partial charge on any atom is 0.159 e. The van der Waals surface area contributed by atoms with E-state index in [0.717, 1.165) is 18.7 Å². The van der Waals surface area contributed by atoms with Gasteiger partial charge in [-0.3, -0.25) is 4.90 Å². The van der Waals surface area contributed by atoms with E-state index in [9.17, 15) is 8.78 Å². The molecular formula is C16H24F2N2. The van der Waals surface area contributed by atoms with Crippen LogP contribution < -0.4 is 5.32 Å². The van der Waals surface area contributed by atoms with Crippen LogP contribution in [0, 0.1) is 11.6 Å². The van der Waals surface area contributed by atoms with Gasteiger partial charge in [0.2, 0.25) is 0 Å². The fourth-order valence-corrected chi connectivity index (χ4v) is 2.95. The van der Waals surface area contributed by atoms with Gasteiger partial charge in [-0.05, 0) is 57.9 Å². The molecule has 0 aromatic heterocycles. The summed E-state index contributed by atoms with van der Waals surface area (Å²) in [7, 11) is 0. The molecule has 0 aliphatic carbocycles. The molecule has 1 aromatic carbocycles. The highest BCUT2D eigenvalue weighted by molar-refractivity contribution is 5.21. The standard InChI is InChI=1S/C16H24F2N2/c1-11(2)20(10-14-5-4-8-19-14)12(3)13-6-7-15(17)16(18)9-13/h6-7,9,11-12,14,19H,4-5,8,10H2,1-3H3. The number of hydrogen-bond acceptors (Lipinski definition) is 2. The number of hydrogen-bond donors (Lipinski definition) is 1. The summed E-state index contributed by atoms with van der Waals surface area (Å²) < 4.78 is 26.5. The third kappa shape index (κ3) is 3.55. The number of nitrogens with one attached hydrogen (secondary N) is 1. The van der Waals surface area contributed by atoms with Gasteiger partial charge < -0.3 is 5.32 Å². The van der Waals surface area contributed by atoms with Crippen LogP contribution in [0.25, 0.3) is 0 Å². The van der Waals surface area contributed by atoms with Crippen molar-refractivity contribution in [2.75, 3.05) is 13.1 Å². The van der Waals surface area contributed by atoms with E-state index >= 15 is 0 Å². The summed E-state index contributed by atoms with van der Waals surface area (Å²) in [5.41, 5.74) is 0.829. The Hall–Kier alpha value is -1.00. The Morgan fingerprint density at radius 1 is 1.25 bits per heavy atom. The van der Waals surface area contributed by atoms with E-state index in [2.05, 4.69) is 31.0 Å². The predicted molar refractivity (Wildman–Crippen MR) is 77.6 cm³/mol. The lowest BCUT2D eigenvalue weighted by Gasteiger charge is -2.35. The third-order valence-corrected chi connectivity index (χ3v) is 4.18. The molecule has 4 heteroatoms. The smallest absolute Gasteiger partial charge is 0.159 e. The molecule has 0 amide bonds. The molecule has 1 fully saturated rings. The average Bonchev–Trinajstić information content (AvgIpc) is 2.91. The van der Waals surface area contributed by atoms with Crippen molar-refractivity contribution in [1.29, 1.82) is 0 Å². The first-order chi connectivity index (χ1) is 9.49. The van der Waals surface area contributed by atoms with Gasteiger partial charge >= 0.3 is 0 Å². The molecule has 1 aliphatic rings. The van der Waals surface area contributed by atoms with Gasteiger partial charge in [0.25, 0.3) is 0 Å².